The van der Waals surface area contributed by atoms with Crippen molar-refractivity contribution in [3.05, 3.63) is 24.2 Å². The first kappa shape index (κ1) is 18.2. The summed E-state index contributed by atoms with van der Waals surface area (Å²) in [5.74, 6) is -1.72. The number of aryl methyl sites for hydroxylation is 1. The Hall–Kier alpha value is -2.65. The maximum Gasteiger partial charge on any atom is 0.433 e. The van der Waals surface area contributed by atoms with Crippen LogP contribution in [-0.4, -0.2) is 43.9 Å². The minimum Gasteiger partial charge on any atom is -0.481 e. The lowest BCUT2D eigenvalue weighted by molar-refractivity contribution is -0.142. The molecule has 1 aliphatic heterocycles. The predicted molar refractivity (Wildman–Crippen MR) is 86.5 cm³/mol. The van der Waals surface area contributed by atoms with Crippen molar-refractivity contribution in [2.24, 2.45) is 5.92 Å². The second-order valence-corrected chi connectivity index (χ2v) is 6.14. The highest BCUT2D eigenvalue weighted by molar-refractivity contribution is 5.71. The molecule has 26 heavy (non-hydrogen) atoms. The van der Waals surface area contributed by atoms with E-state index >= 15 is 0 Å². The van der Waals surface area contributed by atoms with Crippen LogP contribution in [0, 0.1) is 5.92 Å². The summed E-state index contributed by atoms with van der Waals surface area (Å²) in [6, 6.07) is 0.888. The van der Waals surface area contributed by atoms with Gasteiger partial charge in [-0.3, -0.25) is 9.48 Å². The molecular weight excluding hydrogens is 351 g/mol. The van der Waals surface area contributed by atoms with Gasteiger partial charge in [0.2, 0.25) is 5.95 Å². The van der Waals surface area contributed by atoms with Crippen molar-refractivity contribution in [2.45, 2.75) is 32.5 Å². The standard InChI is InChI=1S/C16H18F3N5O2/c1-2-24-9-11(7-20-24)12-6-13(16(17,18)19)22-15(21-12)23-5-3-4-10(8-23)14(25)26/h6-7,9-10H,2-5,8H2,1H3,(H,25,26). The largest absolute Gasteiger partial charge is 0.481 e. The molecule has 10 heteroatoms. The fourth-order valence-electron chi connectivity index (χ4n) is 2.90. The summed E-state index contributed by atoms with van der Waals surface area (Å²) >= 11 is 0. The van der Waals surface area contributed by atoms with Gasteiger partial charge in [0, 0.05) is 31.4 Å². The molecule has 1 atom stereocenters. The van der Waals surface area contributed by atoms with Crippen molar-refractivity contribution in [1.82, 2.24) is 19.7 Å². The third-order valence-corrected chi connectivity index (χ3v) is 4.31. The van der Waals surface area contributed by atoms with Crippen LogP contribution in [0.1, 0.15) is 25.5 Å². The number of halogens is 3. The monoisotopic (exact) mass is 369 g/mol. The summed E-state index contributed by atoms with van der Waals surface area (Å²) in [5.41, 5.74) is -0.494. The summed E-state index contributed by atoms with van der Waals surface area (Å²) < 4.78 is 41.4. The molecule has 0 aliphatic carbocycles. The van der Waals surface area contributed by atoms with Crippen molar-refractivity contribution in [2.75, 3.05) is 18.0 Å². The van der Waals surface area contributed by atoms with Crippen molar-refractivity contribution in [3.8, 4) is 11.3 Å². The lowest BCUT2D eigenvalue weighted by Crippen LogP contribution is -2.39. The normalized spacial score (nSPS) is 18.2. The summed E-state index contributed by atoms with van der Waals surface area (Å²) in [6.07, 6.45) is -0.523. The summed E-state index contributed by atoms with van der Waals surface area (Å²) in [6.45, 7) is 2.95. The molecule has 140 valence electrons. The van der Waals surface area contributed by atoms with Crippen LogP contribution in [0.5, 0.6) is 0 Å². The Morgan fingerprint density at radius 2 is 2.15 bits per heavy atom. The van der Waals surface area contributed by atoms with Gasteiger partial charge in [0.25, 0.3) is 0 Å². The molecular formula is C16H18F3N5O2. The van der Waals surface area contributed by atoms with Crippen LogP contribution in [0.15, 0.2) is 18.5 Å². The number of nitrogens with zero attached hydrogens (tertiary/aromatic N) is 5. The average Bonchev–Trinajstić information content (AvgIpc) is 3.10. The molecule has 3 rings (SSSR count). The van der Waals surface area contributed by atoms with Crippen LogP contribution < -0.4 is 4.90 Å². The molecule has 2 aromatic heterocycles. The highest BCUT2D eigenvalue weighted by Crippen LogP contribution is 2.32. The Morgan fingerprint density at radius 1 is 1.38 bits per heavy atom. The third-order valence-electron chi connectivity index (χ3n) is 4.31. The minimum atomic E-state index is -4.63. The van der Waals surface area contributed by atoms with Crippen LogP contribution in [-0.2, 0) is 17.5 Å². The van der Waals surface area contributed by atoms with Crippen LogP contribution in [0.4, 0.5) is 19.1 Å². The number of aliphatic carboxylic acids is 1. The van der Waals surface area contributed by atoms with E-state index in [2.05, 4.69) is 15.1 Å². The molecule has 1 fully saturated rings. The first-order chi connectivity index (χ1) is 12.3. The molecule has 1 saturated heterocycles. The number of hydrogen-bond acceptors (Lipinski definition) is 5. The molecule has 0 bridgehead atoms. The number of hydrogen-bond donors (Lipinski definition) is 1. The van der Waals surface area contributed by atoms with E-state index in [9.17, 15) is 23.1 Å². The van der Waals surface area contributed by atoms with E-state index in [1.165, 1.54) is 11.1 Å². The van der Waals surface area contributed by atoms with Crippen molar-refractivity contribution < 1.29 is 23.1 Å². The number of alkyl halides is 3. The zero-order chi connectivity index (χ0) is 18.9. The maximum absolute atomic E-state index is 13.3. The van der Waals surface area contributed by atoms with Crippen LogP contribution in [0.25, 0.3) is 11.3 Å². The van der Waals surface area contributed by atoms with Crippen LogP contribution in [0.3, 0.4) is 0 Å². The molecule has 1 aliphatic rings. The second-order valence-electron chi connectivity index (χ2n) is 6.14. The SMILES string of the molecule is CCn1cc(-c2cc(C(F)(F)F)nc(N3CCCC(C(=O)O)C3)n2)cn1. The highest BCUT2D eigenvalue weighted by Gasteiger charge is 2.35. The van der Waals surface area contributed by atoms with Gasteiger partial charge in [0.05, 0.1) is 17.8 Å². The second kappa shape index (κ2) is 6.93. The third kappa shape index (κ3) is 3.78. The molecule has 3 heterocycles. The minimum absolute atomic E-state index is 0.0876. The zero-order valence-corrected chi connectivity index (χ0v) is 14.1. The van der Waals surface area contributed by atoms with Crippen molar-refractivity contribution in [1.29, 1.82) is 0 Å². The fourth-order valence-corrected chi connectivity index (χ4v) is 2.90. The number of anilines is 1. The molecule has 2 aromatic rings. The van der Waals surface area contributed by atoms with E-state index < -0.39 is 23.8 Å². The first-order valence-corrected chi connectivity index (χ1v) is 8.24. The molecule has 7 nitrogen and oxygen atoms in total. The molecule has 0 spiro atoms. The summed E-state index contributed by atoms with van der Waals surface area (Å²) in [7, 11) is 0. The number of carboxylic acids is 1. The van der Waals surface area contributed by atoms with Crippen LogP contribution in [0.2, 0.25) is 0 Å². The van der Waals surface area contributed by atoms with E-state index in [0.717, 1.165) is 6.07 Å². The number of rotatable bonds is 4. The zero-order valence-electron chi connectivity index (χ0n) is 14.1. The Bertz CT molecular complexity index is 805. The number of carbonyl (C=O) groups is 1. The van der Waals surface area contributed by atoms with E-state index in [4.69, 9.17) is 0 Å². The predicted octanol–water partition coefficient (Wildman–Crippen LogP) is 2.68. The summed E-state index contributed by atoms with van der Waals surface area (Å²) in [4.78, 5) is 20.6. The number of piperidine rings is 1. The van der Waals surface area contributed by atoms with Gasteiger partial charge < -0.3 is 10.0 Å². The Kier molecular flexibility index (Phi) is 4.84. The van der Waals surface area contributed by atoms with Crippen LogP contribution >= 0.6 is 0 Å². The Balaban J connectivity index is 2.01. The van der Waals surface area contributed by atoms with Gasteiger partial charge in [0.1, 0.15) is 0 Å². The summed E-state index contributed by atoms with van der Waals surface area (Å²) in [5, 5.41) is 13.3. The smallest absolute Gasteiger partial charge is 0.433 e. The van der Waals surface area contributed by atoms with E-state index in [-0.39, 0.29) is 18.2 Å². The topological polar surface area (TPSA) is 84.1 Å². The fraction of sp³-hybridized carbons (Fsp3) is 0.500. The average molecular weight is 369 g/mol. The highest BCUT2D eigenvalue weighted by atomic mass is 19.4. The van der Waals surface area contributed by atoms with E-state index in [1.54, 1.807) is 10.9 Å². The number of aromatic nitrogens is 4. The van der Waals surface area contributed by atoms with Gasteiger partial charge in [-0.2, -0.15) is 18.3 Å². The van der Waals surface area contributed by atoms with Gasteiger partial charge in [-0.15, -0.1) is 0 Å². The van der Waals surface area contributed by atoms with Crippen molar-refractivity contribution >= 4 is 11.9 Å². The Labute approximate surface area is 147 Å². The quantitative estimate of drug-likeness (QED) is 0.892. The van der Waals surface area contributed by atoms with Gasteiger partial charge in [0.15, 0.2) is 5.69 Å². The van der Waals surface area contributed by atoms with Gasteiger partial charge >= 0.3 is 12.1 Å². The maximum atomic E-state index is 13.3. The Morgan fingerprint density at radius 3 is 2.77 bits per heavy atom. The molecule has 0 radical (unpaired) electrons. The molecule has 1 N–H and O–H groups in total. The van der Waals surface area contributed by atoms with E-state index in [0.29, 0.717) is 31.5 Å². The molecule has 1 unspecified atom stereocenters. The molecule has 0 saturated carbocycles. The lowest BCUT2D eigenvalue weighted by Gasteiger charge is -2.31. The van der Waals surface area contributed by atoms with Gasteiger partial charge in [-0.25, -0.2) is 9.97 Å². The molecule has 0 amide bonds. The van der Waals surface area contributed by atoms with Gasteiger partial charge in [-0.1, -0.05) is 0 Å². The molecule has 0 aromatic carbocycles. The number of carboxylic acid groups (broad SMARTS) is 1. The lowest BCUT2D eigenvalue weighted by atomic mass is 9.99. The van der Waals surface area contributed by atoms with Crippen molar-refractivity contribution in [3.63, 3.8) is 0 Å². The van der Waals surface area contributed by atoms with E-state index in [1.807, 2.05) is 6.92 Å². The van der Waals surface area contributed by atoms with Gasteiger partial charge in [-0.05, 0) is 25.8 Å². The first-order valence-electron chi connectivity index (χ1n) is 8.24.